The molecule has 1 aliphatic heterocycles. The lowest BCUT2D eigenvalue weighted by Crippen LogP contribution is -2.38. The SMILES string of the molecule is CCOc1ccc(CCC2CCN(C(=O)c3ccc(NC(N)=O)cc3)CC2)cc1. The molecule has 0 unspecified atom stereocenters. The lowest BCUT2D eigenvalue weighted by atomic mass is 9.90. The van der Waals surface area contributed by atoms with Gasteiger partial charge in [0.1, 0.15) is 5.75 Å². The van der Waals surface area contributed by atoms with Crippen LogP contribution < -0.4 is 15.8 Å². The minimum atomic E-state index is -0.614. The lowest BCUT2D eigenvalue weighted by Gasteiger charge is -2.32. The van der Waals surface area contributed by atoms with Crippen LogP contribution in [-0.4, -0.2) is 36.5 Å². The molecule has 3 N–H and O–H groups in total. The van der Waals surface area contributed by atoms with E-state index >= 15 is 0 Å². The second-order valence-corrected chi connectivity index (χ2v) is 7.42. The van der Waals surface area contributed by atoms with Gasteiger partial charge in [-0.3, -0.25) is 4.79 Å². The van der Waals surface area contributed by atoms with E-state index in [2.05, 4.69) is 17.4 Å². The molecule has 0 bridgehead atoms. The van der Waals surface area contributed by atoms with Crippen LogP contribution in [0, 0.1) is 5.92 Å². The second kappa shape index (κ2) is 9.96. The summed E-state index contributed by atoms with van der Waals surface area (Å²) in [6.07, 6.45) is 4.26. The number of urea groups is 1. The van der Waals surface area contributed by atoms with Crippen molar-refractivity contribution in [1.82, 2.24) is 4.90 Å². The summed E-state index contributed by atoms with van der Waals surface area (Å²) in [7, 11) is 0. The highest BCUT2D eigenvalue weighted by atomic mass is 16.5. The zero-order chi connectivity index (χ0) is 20.6. The van der Waals surface area contributed by atoms with E-state index in [-0.39, 0.29) is 5.91 Å². The third-order valence-electron chi connectivity index (χ3n) is 5.38. The fraction of sp³-hybridized carbons (Fsp3) is 0.391. The molecule has 3 amide bonds. The van der Waals surface area contributed by atoms with Crippen molar-refractivity contribution < 1.29 is 14.3 Å². The van der Waals surface area contributed by atoms with Crippen molar-refractivity contribution >= 4 is 17.6 Å². The molecule has 1 aliphatic rings. The predicted octanol–water partition coefficient (Wildman–Crippen LogP) is 4.06. The molecule has 0 aromatic heterocycles. The molecule has 2 aromatic rings. The van der Waals surface area contributed by atoms with Crippen LogP contribution in [0.25, 0.3) is 0 Å². The Labute approximate surface area is 172 Å². The molecule has 6 nitrogen and oxygen atoms in total. The number of carbonyl (C=O) groups excluding carboxylic acids is 2. The van der Waals surface area contributed by atoms with Crippen molar-refractivity contribution in [3.8, 4) is 5.75 Å². The van der Waals surface area contributed by atoms with Gasteiger partial charge in [-0.1, -0.05) is 12.1 Å². The molecule has 2 aromatic carbocycles. The van der Waals surface area contributed by atoms with E-state index in [0.717, 1.165) is 44.5 Å². The van der Waals surface area contributed by atoms with E-state index in [9.17, 15) is 9.59 Å². The molecule has 0 atom stereocenters. The summed E-state index contributed by atoms with van der Waals surface area (Å²) in [5, 5.41) is 2.50. The molecule has 29 heavy (non-hydrogen) atoms. The van der Waals surface area contributed by atoms with Gasteiger partial charge in [0.05, 0.1) is 6.61 Å². The molecule has 3 rings (SSSR count). The molecular formula is C23H29N3O3. The quantitative estimate of drug-likeness (QED) is 0.741. The van der Waals surface area contributed by atoms with Crippen LogP contribution in [0.5, 0.6) is 5.75 Å². The molecule has 0 aliphatic carbocycles. The zero-order valence-electron chi connectivity index (χ0n) is 16.9. The lowest BCUT2D eigenvalue weighted by molar-refractivity contribution is 0.0687. The number of likely N-dealkylation sites (tertiary alicyclic amines) is 1. The highest BCUT2D eigenvalue weighted by Gasteiger charge is 2.23. The minimum absolute atomic E-state index is 0.0422. The molecule has 1 heterocycles. The number of hydrogen-bond acceptors (Lipinski definition) is 3. The normalized spacial score (nSPS) is 14.4. The Kier molecular flexibility index (Phi) is 7.11. The Balaban J connectivity index is 1.44. The number of nitrogens with one attached hydrogen (secondary N) is 1. The van der Waals surface area contributed by atoms with Gasteiger partial charge >= 0.3 is 6.03 Å². The summed E-state index contributed by atoms with van der Waals surface area (Å²) in [5.41, 5.74) is 7.65. The maximum atomic E-state index is 12.7. The van der Waals surface area contributed by atoms with Gasteiger partial charge in [0.25, 0.3) is 5.91 Å². The Bertz CT molecular complexity index is 810. The number of ether oxygens (including phenoxy) is 1. The van der Waals surface area contributed by atoms with E-state index in [1.54, 1.807) is 24.3 Å². The maximum Gasteiger partial charge on any atom is 0.316 e. The molecule has 6 heteroatoms. The molecular weight excluding hydrogens is 366 g/mol. The average Bonchev–Trinajstić information content (AvgIpc) is 2.73. The highest BCUT2D eigenvalue weighted by Crippen LogP contribution is 2.24. The number of rotatable bonds is 7. The van der Waals surface area contributed by atoms with Crippen molar-refractivity contribution in [1.29, 1.82) is 0 Å². The van der Waals surface area contributed by atoms with E-state index in [1.165, 1.54) is 5.56 Å². The number of amides is 3. The standard InChI is InChI=1S/C23H29N3O3/c1-2-29-21-11-5-17(6-12-21)3-4-18-13-15-26(16-14-18)22(27)19-7-9-20(10-8-19)25-23(24)28/h5-12,18H,2-4,13-16H2,1H3,(H3,24,25,28). The van der Waals surface area contributed by atoms with Crippen molar-refractivity contribution in [2.45, 2.75) is 32.6 Å². The van der Waals surface area contributed by atoms with E-state index in [0.29, 0.717) is 23.8 Å². The summed E-state index contributed by atoms with van der Waals surface area (Å²) in [6.45, 7) is 4.24. The number of benzene rings is 2. The first-order valence-corrected chi connectivity index (χ1v) is 10.2. The van der Waals surface area contributed by atoms with Crippen LogP contribution in [0.1, 0.15) is 42.1 Å². The van der Waals surface area contributed by atoms with Crippen LogP contribution in [0.2, 0.25) is 0 Å². The van der Waals surface area contributed by atoms with Crippen LogP contribution in [0.15, 0.2) is 48.5 Å². The van der Waals surface area contributed by atoms with Gasteiger partial charge in [0.2, 0.25) is 0 Å². The molecule has 1 saturated heterocycles. The van der Waals surface area contributed by atoms with Gasteiger partial charge in [-0.25, -0.2) is 4.79 Å². The smallest absolute Gasteiger partial charge is 0.316 e. The number of nitrogens with zero attached hydrogens (tertiary/aromatic N) is 1. The first-order chi connectivity index (χ1) is 14.0. The van der Waals surface area contributed by atoms with E-state index in [1.807, 2.05) is 24.0 Å². The number of aryl methyl sites for hydroxylation is 1. The summed E-state index contributed by atoms with van der Waals surface area (Å²) < 4.78 is 5.49. The topological polar surface area (TPSA) is 84.7 Å². The molecule has 154 valence electrons. The minimum Gasteiger partial charge on any atom is -0.494 e. The van der Waals surface area contributed by atoms with E-state index < -0.39 is 6.03 Å². The number of anilines is 1. The first-order valence-electron chi connectivity index (χ1n) is 10.2. The molecule has 1 fully saturated rings. The molecule has 0 saturated carbocycles. The van der Waals surface area contributed by atoms with Crippen molar-refractivity contribution in [2.75, 3.05) is 25.0 Å². The van der Waals surface area contributed by atoms with Gasteiger partial charge in [0, 0.05) is 24.3 Å². The van der Waals surface area contributed by atoms with Crippen molar-refractivity contribution in [3.05, 3.63) is 59.7 Å². The van der Waals surface area contributed by atoms with Crippen LogP contribution in [0.4, 0.5) is 10.5 Å². The van der Waals surface area contributed by atoms with E-state index in [4.69, 9.17) is 10.5 Å². The van der Waals surface area contributed by atoms with Crippen LogP contribution >= 0.6 is 0 Å². The number of nitrogens with two attached hydrogens (primary N) is 1. The van der Waals surface area contributed by atoms with Crippen LogP contribution in [0.3, 0.4) is 0 Å². The summed E-state index contributed by atoms with van der Waals surface area (Å²) in [5.74, 6) is 1.61. The third kappa shape index (κ3) is 5.98. The monoisotopic (exact) mass is 395 g/mol. The Hall–Kier alpha value is -3.02. The second-order valence-electron chi connectivity index (χ2n) is 7.42. The fourth-order valence-electron chi connectivity index (χ4n) is 3.74. The summed E-state index contributed by atoms with van der Waals surface area (Å²) in [4.78, 5) is 25.5. The number of primary amides is 1. The number of hydrogen-bond donors (Lipinski definition) is 2. The first kappa shape index (κ1) is 20.7. The number of carbonyl (C=O) groups is 2. The predicted molar refractivity (Wildman–Crippen MR) is 114 cm³/mol. The van der Waals surface area contributed by atoms with Crippen LogP contribution in [-0.2, 0) is 6.42 Å². The zero-order valence-corrected chi connectivity index (χ0v) is 16.9. The summed E-state index contributed by atoms with van der Waals surface area (Å²) >= 11 is 0. The van der Waals surface area contributed by atoms with Crippen molar-refractivity contribution in [2.24, 2.45) is 11.7 Å². The molecule has 0 spiro atoms. The largest absolute Gasteiger partial charge is 0.494 e. The van der Waals surface area contributed by atoms with Gasteiger partial charge < -0.3 is 20.7 Å². The Morgan fingerprint density at radius 3 is 2.31 bits per heavy atom. The third-order valence-corrected chi connectivity index (χ3v) is 5.38. The van der Waals surface area contributed by atoms with Crippen molar-refractivity contribution in [3.63, 3.8) is 0 Å². The van der Waals surface area contributed by atoms with Gasteiger partial charge in [-0.2, -0.15) is 0 Å². The fourth-order valence-corrected chi connectivity index (χ4v) is 3.74. The Morgan fingerprint density at radius 1 is 1.07 bits per heavy atom. The van der Waals surface area contributed by atoms with Gasteiger partial charge in [-0.15, -0.1) is 0 Å². The maximum absolute atomic E-state index is 12.7. The summed E-state index contributed by atoms with van der Waals surface area (Å²) in [6, 6.07) is 14.6. The highest BCUT2D eigenvalue weighted by molar-refractivity contribution is 5.95. The van der Waals surface area contributed by atoms with Gasteiger partial charge in [0.15, 0.2) is 0 Å². The Morgan fingerprint density at radius 2 is 1.72 bits per heavy atom. The molecule has 0 radical (unpaired) electrons. The number of piperidine rings is 1. The average molecular weight is 396 g/mol. The van der Waals surface area contributed by atoms with Gasteiger partial charge in [-0.05, 0) is 80.5 Å².